The van der Waals surface area contributed by atoms with Crippen molar-refractivity contribution >= 4 is 10.0 Å². The quantitative estimate of drug-likeness (QED) is 0.898. The fourth-order valence-electron chi connectivity index (χ4n) is 2.50. The monoisotopic (exact) mass is 285 g/mol. The molecule has 1 aromatic heterocycles. The molecule has 1 aliphatic heterocycles. The molecule has 0 radical (unpaired) electrons. The SMILES string of the molecule is CNCc1cc(S(=O)(=O)N2CC(C)C(C)C2)cn1C. The Kier molecular flexibility index (Phi) is 4.03. The van der Waals surface area contributed by atoms with Crippen LogP contribution in [0.3, 0.4) is 0 Å². The normalized spacial score (nSPS) is 25.1. The van der Waals surface area contributed by atoms with Gasteiger partial charge in [-0.3, -0.25) is 0 Å². The molecule has 2 rings (SSSR count). The molecule has 2 unspecified atom stereocenters. The number of aryl methyl sites for hydroxylation is 1. The van der Waals surface area contributed by atoms with Crippen molar-refractivity contribution in [1.29, 1.82) is 0 Å². The molecule has 19 heavy (non-hydrogen) atoms. The van der Waals surface area contributed by atoms with E-state index in [0.717, 1.165) is 5.69 Å². The highest BCUT2D eigenvalue weighted by Gasteiger charge is 2.35. The van der Waals surface area contributed by atoms with Crippen LogP contribution >= 0.6 is 0 Å². The molecule has 0 amide bonds. The molecule has 6 heteroatoms. The molecule has 1 saturated heterocycles. The van der Waals surface area contributed by atoms with Crippen LogP contribution in [-0.4, -0.2) is 37.4 Å². The van der Waals surface area contributed by atoms with Crippen LogP contribution < -0.4 is 5.32 Å². The van der Waals surface area contributed by atoms with E-state index >= 15 is 0 Å². The van der Waals surface area contributed by atoms with Gasteiger partial charge >= 0.3 is 0 Å². The lowest BCUT2D eigenvalue weighted by molar-refractivity contribution is 0.463. The maximum Gasteiger partial charge on any atom is 0.244 e. The number of sulfonamides is 1. The highest BCUT2D eigenvalue weighted by atomic mass is 32.2. The van der Waals surface area contributed by atoms with E-state index in [1.807, 2.05) is 18.7 Å². The number of hydrogen-bond donors (Lipinski definition) is 1. The smallest absolute Gasteiger partial charge is 0.244 e. The number of nitrogens with zero attached hydrogens (tertiary/aromatic N) is 2. The van der Waals surface area contributed by atoms with Crippen molar-refractivity contribution in [2.24, 2.45) is 18.9 Å². The van der Waals surface area contributed by atoms with E-state index in [1.54, 1.807) is 16.6 Å². The number of nitrogens with one attached hydrogen (secondary N) is 1. The third-order valence-corrected chi connectivity index (χ3v) is 5.83. The molecule has 5 nitrogen and oxygen atoms in total. The topological polar surface area (TPSA) is 54.3 Å². The van der Waals surface area contributed by atoms with Crippen molar-refractivity contribution in [3.05, 3.63) is 18.0 Å². The molecule has 1 aliphatic rings. The molecule has 0 bridgehead atoms. The maximum absolute atomic E-state index is 12.6. The summed E-state index contributed by atoms with van der Waals surface area (Å²) in [6.07, 6.45) is 1.70. The Bertz CT molecular complexity index is 540. The maximum atomic E-state index is 12.6. The van der Waals surface area contributed by atoms with E-state index in [1.165, 1.54) is 0 Å². The van der Waals surface area contributed by atoms with E-state index in [9.17, 15) is 8.42 Å². The number of aromatic nitrogens is 1. The molecule has 2 heterocycles. The lowest BCUT2D eigenvalue weighted by Gasteiger charge is -2.14. The largest absolute Gasteiger partial charge is 0.352 e. The van der Waals surface area contributed by atoms with Gasteiger partial charge in [-0.2, -0.15) is 4.31 Å². The van der Waals surface area contributed by atoms with Crippen LogP contribution in [0, 0.1) is 11.8 Å². The molecule has 0 spiro atoms. The van der Waals surface area contributed by atoms with Crippen LogP contribution in [0.2, 0.25) is 0 Å². The predicted octanol–water partition coefficient (Wildman–Crippen LogP) is 1.02. The molecule has 0 saturated carbocycles. The molecule has 2 atom stereocenters. The first-order chi connectivity index (χ1) is 8.86. The van der Waals surface area contributed by atoms with Crippen molar-refractivity contribution in [2.75, 3.05) is 20.1 Å². The number of hydrogen-bond acceptors (Lipinski definition) is 3. The van der Waals surface area contributed by atoms with Crippen molar-refractivity contribution in [1.82, 2.24) is 14.2 Å². The first kappa shape index (κ1) is 14.6. The Morgan fingerprint density at radius 3 is 2.42 bits per heavy atom. The van der Waals surface area contributed by atoms with Gasteiger partial charge in [0, 0.05) is 38.6 Å². The average molecular weight is 285 g/mol. The zero-order valence-corrected chi connectivity index (χ0v) is 12.9. The Balaban J connectivity index is 2.27. The summed E-state index contributed by atoms with van der Waals surface area (Å²) < 4.78 is 28.7. The summed E-state index contributed by atoms with van der Waals surface area (Å²) in [6, 6.07) is 1.76. The Morgan fingerprint density at radius 1 is 1.32 bits per heavy atom. The zero-order chi connectivity index (χ0) is 14.2. The molecular formula is C13H23N3O2S. The van der Waals surface area contributed by atoms with Gasteiger partial charge in [-0.15, -0.1) is 0 Å². The fraction of sp³-hybridized carbons (Fsp3) is 0.692. The van der Waals surface area contributed by atoms with Gasteiger partial charge in [-0.1, -0.05) is 13.8 Å². The Hall–Kier alpha value is -0.850. The van der Waals surface area contributed by atoms with E-state index in [-0.39, 0.29) is 0 Å². The van der Waals surface area contributed by atoms with Gasteiger partial charge in [0.15, 0.2) is 0 Å². The molecular weight excluding hydrogens is 262 g/mol. The van der Waals surface area contributed by atoms with Crippen LogP contribution in [0.5, 0.6) is 0 Å². The Morgan fingerprint density at radius 2 is 1.89 bits per heavy atom. The summed E-state index contributed by atoms with van der Waals surface area (Å²) in [4.78, 5) is 0.404. The summed E-state index contributed by atoms with van der Waals surface area (Å²) in [5.74, 6) is 0.852. The van der Waals surface area contributed by atoms with Gasteiger partial charge in [-0.05, 0) is 24.9 Å². The van der Waals surface area contributed by atoms with Gasteiger partial charge in [0.05, 0.1) is 0 Å². The van der Waals surface area contributed by atoms with Crippen LogP contribution in [0.25, 0.3) is 0 Å². The first-order valence-corrected chi connectivity index (χ1v) is 8.10. The standard InChI is InChI=1S/C13H23N3O2S/c1-10-7-16(8-11(10)2)19(17,18)13-5-12(6-14-3)15(4)9-13/h5,9-11,14H,6-8H2,1-4H3. The van der Waals surface area contributed by atoms with Crippen molar-refractivity contribution in [3.63, 3.8) is 0 Å². The van der Waals surface area contributed by atoms with E-state index in [0.29, 0.717) is 36.4 Å². The predicted molar refractivity (Wildman–Crippen MR) is 75.3 cm³/mol. The van der Waals surface area contributed by atoms with Crippen LogP contribution in [0.15, 0.2) is 17.2 Å². The molecule has 0 aliphatic carbocycles. The zero-order valence-electron chi connectivity index (χ0n) is 12.0. The van der Waals surface area contributed by atoms with E-state index < -0.39 is 10.0 Å². The van der Waals surface area contributed by atoms with Crippen molar-refractivity contribution in [3.8, 4) is 0 Å². The first-order valence-electron chi connectivity index (χ1n) is 6.66. The van der Waals surface area contributed by atoms with Gasteiger partial charge in [0.25, 0.3) is 0 Å². The van der Waals surface area contributed by atoms with Crippen molar-refractivity contribution < 1.29 is 8.42 Å². The summed E-state index contributed by atoms with van der Waals surface area (Å²) >= 11 is 0. The second-order valence-electron chi connectivity index (χ2n) is 5.58. The summed E-state index contributed by atoms with van der Waals surface area (Å²) in [5.41, 5.74) is 0.973. The summed E-state index contributed by atoms with van der Waals surface area (Å²) in [6.45, 7) is 6.13. The van der Waals surface area contributed by atoms with Crippen LogP contribution in [-0.2, 0) is 23.6 Å². The highest BCUT2D eigenvalue weighted by Crippen LogP contribution is 2.28. The molecule has 1 fully saturated rings. The van der Waals surface area contributed by atoms with Crippen LogP contribution in [0.1, 0.15) is 19.5 Å². The lowest BCUT2D eigenvalue weighted by atomic mass is 10.0. The molecule has 1 aromatic rings. The number of rotatable bonds is 4. The molecule has 108 valence electrons. The minimum Gasteiger partial charge on any atom is -0.352 e. The van der Waals surface area contributed by atoms with E-state index in [2.05, 4.69) is 19.2 Å². The third-order valence-electron chi connectivity index (χ3n) is 4.03. The lowest BCUT2D eigenvalue weighted by Crippen LogP contribution is -2.28. The molecule has 1 N–H and O–H groups in total. The molecule has 0 aromatic carbocycles. The Labute approximate surface area is 115 Å². The average Bonchev–Trinajstić information content (AvgIpc) is 2.86. The highest BCUT2D eigenvalue weighted by molar-refractivity contribution is 7.89. The minimum atomic E-state index is -3.34. The van der Waals surface area contributed by atoms with Gasteiger partial charge < -0.3 is 9.88 Å². The second kappa shape index (κ2) is 5.26. The van der Waals surface area contributed by atoms with Gasteiger partial charge in [-0.25, -0.2) is 8.42 Å². The summed E-state index contributed by atoms with van der Waals surface area (Å²) in [5, 5.41) is 3.04. The second-order valence-corrected chi connectivity index (χ2v) is 7.52. The minimum absolute atomic E-state index is 0.404. The van der Waals surface area contributed by atoms with Gasteiger partial charge in [0.2, 0.25) is 10.0 Å². The third kappa shape index (κ3) is 2.70. The van der Waals surface area contributed by atoms with Crippen LogP contribution in [0.4, 0.5) is 0 Å². The van der Waals surface area contributed by atoms with E-state index in [4.69, 9.17) is 0 Å². The summed E-state index contributed by atoms with van der Waals surface area (Å²) in [7, 11) is 0.388. The van der Waals surface area contributed by atoms with Gasteiger partial charge in [0.1, 0.15) is 4.90 Å². The van der Waals surface area contributed by atoms with Crippen molar-refractivity contribution in [2.45, 2.75) is 25.3 Å². The fourth-order valence-corrected chi connectivity index (χ4v) is 4.23.